The summed E-state index contributed by atoms with van der Waals surface area (Å²) < 4.78 is 43.3. The number of amides is 1. The van der Waals surface area contributed by atoms with Crippen LogP contribution in [0.25, 0.3) is 0 Å². The number of carbonyl (C=O) groups excluding carboxylic acids is 1. The SMILES string of the molecule is CNC1C(Nc2nc(Nc3cccc(N/N=C\C=N)c3)c(C(N)=O)cc2F)CCCC1(F)F. The number of hydrogen-bond acceptors (Lipinski definition) is 8. The number of pyridine rings is 1. The van der Waals surface area contributed by atoms with Crippen LogP contribution in [0.3, 0.4) is 0 Å². The van der Waals surface area contributed by atoms with E-state index in [1.807, 2.05) is 0 Å². The third-order valence-corrected chi connectivity index (χ3v) is 5.23. The minimum absolute atomic E-state index is 0.0323. The molecule has 0 spiro atoms. The molecule has 1 saturated carbocycles. The zero-order valence-corrected chi connectivity index (χ0v) is 17.8. The van der Waals surface area contributed by atoms with E-state index in [0.29, 0.717) is 17.8 Å². The Bertz CT molecular complexity index is 1050. The predicted octanol–water partition coefficient (Wildman–Crippen LogP) is 3.30. The van der Waals surface area contributed by atoms with Crippen molar-refractivity contribution in [1.82, 2.24) is 10.3 Å². The maximum absolute atomic E-state index is 14.7. The van der Waals surface area contributed by atoms with E-state index < -0.39 is 29.7 Å². The van der Waals surface area contributed by atoms with E-state index in [0.717, 1.165) is 12.3 Å². The number of rotatable bonds is 9. The Balaban J connectivity index is 1.90. The summed E-state index contributed by atoms with van der Waals surface area (Å²) in [5, 5.41) is 19.0. The van der Waals surface area contributed by atoms with Crippen molar-refractivity contribution < 1.29 is 18.0 Å². The lowest BCUT2D eigenvalue weighted by atomic mass is 9.87. The monoisotopic (exact) mass is 462 g/mol. The fraction of sp³-hybridized carbons (Fsp3) is 0.333. The third-order valence-electron chi connectivity index (χ3n) is 5.23. The number of nitrogens with zero attached hydrogens (tertiary/aromatic N) is 2. The molecule has 1 fully saturated rings. The third kappa shape index (κ3) is 5.77. The molecule has 1 aromatic carbocycles. The van der Waals surface area contributed by atoms with Gasteiger partial charge in [0.25, 0.3) is 11.8 Å². The van der Waals surface area contributed by atoms with Crippen molar-refractivity contribution in [3.8, 4) is 0 Å². The molecular formula is C21H25F3N8O. The highest BCUT2D eigenvalue weighted by Gasteiger charge is 2.46. The van der Waals surface area contributed by atoms with Crippen LogP contribution in [0, 0.1) is 11.2 Å². The van der Waals surface area contributed by atoms with E-state index in [-0.39, 0.29) is 30.0 Å². The normalized spacial score (nSPS) is 19.8. The standard InChI is InChI=1S/C21H25F3N8O/c1-27-17-16(6-3-7-21(17,23)24)30-20-15(22)11-14(18(26)33)19(31-20)29-12-4-2-5-13(10-12)32-28-9-8-25/h2,4-5,8-11,16-17,25,27,32H,3,6-7H2,1H3,(H2,26,33)(H2,29,30,31)/b25-8?,28-9-. The van der Waals surface area contributed by atoms with Crippen LogP contribution in [0.4, 0.5) is 36.2 Å². The molecule has 33 heavy (non-hydrogen) atoms. The van der Waals surface area contributed by atoms with Crippen molar-refractivity contribution in [3.63, 3.8) is 0 Å². The molecule has 1 aromatic heterocycles. The van der Waals surface area contributed by atoms with Crippen molar-refractivity contribution in [3.05, 3.63) is 41.7 Å². The molecular weight excluding hydrogens is 437 g/mol. The number of benzene rings is 1. The van der Waals surface area contributed by atoms with Gasteiger partial charge in [-0.3, -0.25) is 10.2 Å². The number of nitrogens with two attached hydrogens (primary N) is 1. The predicted molar refractivity (Wildman–Crippen MR) is 122 cm³/mol. The number of carbonyl (C=O) groups is 1. The van der Waals surface area contributed by atoms with Crippen LogP contribution in [-0.2, 0) is 0 Å². The molecule has 0 aliphatic heterocycles. The summed E-state index contributed by atoms with van der Waals surface area (Å²) in [5.74, 6) is -5.04. The first-order valence-electron chi connectivity index (χ1n) is 10.2. The van der Waals surface area contributed by atoms with Crippen LogP contribution in [0.15, 0.2) is 35.4 Å². The Morgan fingerprint density at radius 3 is 2.76 bits per heavy atom. The van der Waals surface area contributed by atoms with E-state index in [1.165, 1.54) is 13.3 Å². The summed E-state index contributed by atoms with van der Waals surface area (Å²) in [6.45, 7) is 0. The Labute approximate surface area is 188 Å². The average molecular weight is 462 g/mol. The van der Waals surface area contributed by atoms with Gasteiger partial charge in [-0.2, -0.15) is 5.10 Å². The van der Waals surface area contributed by atoms with Crippen LogP contribution in [0.2, 0.25) is 0 Å². The van der Waals surface area contributed by atoms with Crippen LogP contribution in [0.1, 0.15) is 29.6 Å². The largest absolute Gasteiger partial charge is 0.365 e. The number of primary amides is 1. The van der Waals surface area contributed by atoms with E-state index in [9.17, 15) is 18.0 Å². The fourth-order valence-corrected chi connectivity index (χ4v) is 3.74. The molecule has 9 nitrogen and oxygen atoms in total. The molecule has 1 aliphatic rings. The smallest absolute Gasteiger partial charge is 0.265 e. The van der Waals surface area contributed by atoms with E-state index in [1.54, 1.807) is 24.3 Å². The Morgan fingerprint density at radius 2 is 2.06 bits per heavy atom. The molecule has 2 unspecified atom stereocenters. The summed E-state index contributed by atoms with van der Waals surface area (Å²) in [7, 11) is 1.43. The zero-order chi connectivity index (χ0) is 24.0. The van der Waals surface area contributed by atoms with Gasteiger partial charge in [0, 0.05) is 24.4 Å². The van der Waals surface area contributed by atoms with Crippen LogP contribution < -0.4 is 27.1 Å². The van der Waals surface area contributed by atoms with E-state index >= 15 is 0 Å². The van der Waals surface area contributed by atoms with E-state index in [4.69, 9.17) is 11.1 Å². The number of likely N-dealkylation sites (N-methyl/N-ethyl adjacent to an activating group) is 1. The maximum atomic E-state index is 14.7. The molecule has 0 bridgehead atoms. The molecule has 1 heterocycles. The van der Waals surface area contributed by atoms with Gasteiger partial charge in [0.1, 0.15) is 5.82 Å². The van der Waals surface area contributed by atoms with Gasteiger partial charge in [0.05, 0.1) is 23.5 Å². The lowest BCUT2D eigenvalue weighted by Crippen LogP contribution is -2.56. The minimum Gasteiger partial charge on any atom is -0.365 e. The molecule has 1 amide bonds. The molecule has 12 heteroatoms. The first-order chi connectivity index (χ1) is 15.7. The van der Waals surface area contributed by atoms with Gasteiger partial charge in [0.2, 0.25) is 0 Å². The highest BCUT2D eigenvalue weighted by molar-refractivity contribution is 6.14. The molecule has 0 radical (unpaired) electrons. The topological polar surface area (TPSA) is 140 Å². The van der Waals surface area contributed by atoms with Gasteiger partial charge in [-0.25, -0.2) is 18.2 Å². The van der Waals surface area contributed by atoms with Gasteiger partial charge >= 0.3 is 0 Å². The molecule has 7 N–H and O–H groups in total. The first-order valence-corrected chi connectivity index (χ1v) is 10.2. The second kappa shape index (κ2) is 10.3. The van der Waals surface area contributed by atoms with Gasteiger partial charge in [-0.15, -0.1) is 0 Å². The van der Waals surface area contributed by atoms with Crippen molar-refractivity contribution in [2.24, 2.45) is 10.8 Å². The Kier molecular flexibility index (Phi) is 7.48. The highest BCUT2D eigenvalue weighted by Crippen LogP contribution is 2.35. The number of hydrazone groups is 1. The number of alkyl halides is 2. The number of hydrogen-bond donors (Lipinski definition) is 6. The maximum Gasteiger partial charge on any atom is 0.265 e. The average Bonchev–Trinajstić information content (AvgIpc) is 2.76. The molecule has 0 saturated heterocycles. The van der Waals surface area contributed by atoms with Crippen molar-refractivity contribution >= 4 is 41.3 Å². The first kappa shape index (κ1) is 24.0. The number of nitrogens with one attached hydrogen (secondary N) is 5. The van der Waals surface area contributed by atoms with Gasteiger partial charge in [-0.1, -0.05) is 6.07 Å². The molecule has 176 valence electrons. The minimum atomic E-state index is -2.96. The number of aromatic nitrogens is 1. The highest BCUT2D eigenvalue weighted by atomic mass is 19.3. The summed E-state index contributed by atoms with van der Waals surface area (Å²) >= 11 is 0. The molecule has 3 rings (SSSR count). The van der Waals surface area contributed by atoms with Gasteiger partial charge in [-0.05, 0) is 44.2 Å². The second-order valence-corrected chi connectivity index (χ2v) is 7.51. The Hall–Kier alpha value is -3.67. The fourth-order valence-electron chi connectivity index (χ4n) is 3.74. The summed E-state index contributed by atoms with van der Waals surface area (Å²) in [6.07, 6.45) is 2.67. The lowest BCUT2D eigenvalue weighted by Gasteiger charge is -2.38. The molecule has 1 aliphatic carbocycles. The lowest BCUT2D eigenvalue weighted by molar-refractivity contribution is -0.0654. The van der Waals surface area contributed by atoms with Crippen LogP contribution in [-0.4, -0.2) is 48.4 Å². The number of halogens is 3. The van der Waals surface area contributed by atoms with Crippen molar-refractivity contribution in [1.29, 1.82) is 5.41 Å². The summed E-state index contributed by atoms with van der Waals surface area (Å²) in [4.78, 5) is 16.0. The number of anilines is 4. The molecule has 2 atom stereocenters. The van der Waals surface area contributed by atoms with Crippen LogP contribution >= 0.6 is 0 Å². The van der Waals surface area contributed by atoms with Gasteiger partial charge in [0.15, 0.2) is 11.6 Å². The summed E-state index contributed by atoms with van der Waals surface area (Å²) in [5.41, 5.74) is 8.97. The van der Waals surface area contributed by atoms with Crippen LogP contribution in [0.5, 0.6) is 0 Å². The Morgan fingerprint density at radius 1 is 1.30 bits per heavy atom. The zero-order valence-electron chi connectivity index (χ0n) is 17.8. The quantitative estimate of drug-likeness (QED) is 0.250. The van der Waals surface area contributed by atoms with Crippen molar-refractivity contribution in [2.45, 2.75) is 37.3 Å². The molecule has 2 aromatic rings. The summed E-state index contributed by atoms with van der Waals surface area (Å²) in [6, 6.07) is 5.67. The van der Waals surface area contributed by atoms with E-state index in [2.05, 4.69) is 31.5 Å². The van der Waals surface area contributed by atoms with Crippen molar-refractivity contribution in [2.75, 3.05) is 23.1 Å². The second-order valence-electron chi connectivity index (χ2n) is 7.51. The van der Waals surface area contributed by atoms with Gasteiger partial charge < -0.3 is 27.1 Å².